The number of hydrogen-bond acceptors (Lipinski definition) is 3. The van der Waals surface area contributed by atoms with Gasteiger partial charge in [0.2, 0.25) is 5.91 Å². The predicted octanol–water partition coefficient (Wildman–Crippen LogP) is 3.84. The molecule has 1 aliphatic carbocycles. The van der Waals surface area contributed by atoms with E-state index in [1.165, 1.54) is 12.0 Å². The van der Waals surface area contributed by atoms with E-state index in [2.05, 4.69) is 29.6 Å². The Balaban J connectivity index is 1.54. The molecule has 1 N–H and O–H groups in total. The van der Waals surface area contributed by atoms with Gasteiger partial charge in [-0.05, 0) is 42.2 Å². The summed E-state index contributed by atoms with van der Waals surface area (Å²) in [4.78, 5) is 12.2. The molecule has 0 spiro atoms. The Kier molecular flexibility index (Phi) is 5.70. The van der Waals surface area contributed by atoms with Crippen LogP contribution in [0.1, 0.15) is 30.4 Å². The maximum absolute atomic E-state index is 12.2. The van der Waals surface area contributed by atoms with Crippen molar-refractivity contribution in [2.45, 2.75) is 24.7 Å². The van der Waals surface area contributed by atoms with Crippen molar-refractivity contribution in [2.24, 2.45) is 0 Å². The fourth-order valence-electron chi connectivity index (χ4n) is 3.24. The second kappa shape index (κ2) is 8.35. The quantitative estimate of drug-likeness (QED) is 0.775. The second-order valence-corrected chi connectivity index (χ2v) is 6.57. The molecule has 0 heterocycles. The minimum atomic E-state index is -0.0861. The SMILES string of the molecule is N#CCOc1ccc(/C=C/C(=O)NCC2(c3ccccc3)CCC2)cc1. The summed E-state index contributed by atoms with van der Waals surface area (Å²) >= 11 is 0. The van der Waals surface area contributed by atoms with Crippen LogP contribution in [-0.4, -0.2) is 19.1 Å². The number of carbonyl (C=O) groups is 1. The van der Waals surface area contributed by atoms with Crippen LogP contribution in [0, 0.1) is 11.3 Å². The minimum Gasteiger partial charge on any atom is -0.479 e. The van der Waals surface area contributed by atoms with Crippen LogP contribution in [0.15, 0.2) is 60.7 Å². The smallest absolute Gasteiger partial charge is 0.244 e. The highest BCUT2D eigenvalue weighted by Crippen LogP contribution is 2.43. The maximum Gasteiger partial charge on any atom is 0.244 e. The Bertz CT molecular complexity index is 800. The highest BCUT2D eigenvalue weighted by molar-refractivity contribution is 5.91. The van der Waals surface area contributed by atoms with Crippen molar-refractivity contribution in [1.29, 1.82) is 5.26 Å². The van der Waals surface area contributed by atoms with Gasteiger partial charge in [0, 0.05) is 18.0 Å². The minimum absolute atomic E-state index is 0.0285. The Hall–Kier alpha value is -3.06. The third kappa shape index (κ3) is 4.31. The molecule has 1 saturated carbocycles. The predicted molar refractivity (Wildman–Crippen MR) is 102 cm³/mol. The summed E-state index contributed by atoms with van der Waals surface area (Å²) in [7, 11) is 0. The maximum atomic E-state index is 12.2. The van der Waals surface area contributed by atoms with Gasteiger partial charge in [0.25, 0.3) is 0 Å². The standard InChI is InChI=1S/C22H22N2O2/c23-15-16-26-20-10-7-18(8-11-20)9-12-21(25)24-17-22(13-4-14-22)19-5-2-1-3-6-19/h1-3,5-12H,4,13-14,16-17H2,(H,24,25)/b12-9+. The Labute approximate surface area is 154 Å². The molecule has 26 heavy (non-hydrogen) atoms. The van der Waals surface area contributed by atoms with Gasteiger partial charge in [0.05, 0.1) is 0 Å². The van der Waals surface area contributed by atoms with Crippen LogP contribution in [-0.2, 0) is 10.2 Å². The van der Waals surface area contributed by atoms with Crippen LogP contribution >= 0.6 is 0 Å². The number of amides is 1. The molecule has 0 atom stereocenters. The van der Waals surface area contributed by atoms with E-state index in [1.54, 1.807) is 24.3 Å². The molecule has 0 saturated heterocycles. The number of rotatable bonds is 7. The van der Waals surface area contributed by atoms with Gasteiger partial charge in [-0.1, -0.05) is 48.9 Å². The van der Waals surface area contributed by atoms with Crippen molar-refractivity contribution in [3.63, 3.8) is 0 Å². The lowest BCUT2D eigenvalue weighted by atomic mass is 9.64. The van der Waals surface area contributed by atoms with Crippen LogP contribution in [0.4, 0.5) is 0 Å². The van der Waals surface area contributed by atoms with Gasteiger partial charge >= 0.3 is 0 Å². The average Bonchev–Trinajstić information content (AvgIpc) is 2.65. The number of benzene rings is 2. The van der Waals surface area contributed by atoms with Gasteiger partial charge in [0.15, 0.2) is 6.61 Å². The van der Waals surface area contributed by atoms with E-state index >= 15 is 0 Å². The van der Waals surface area contributed by atoms with Crippen molar-refractivity contribution in [3.8, 4) is 11.8 Å². The first kappa shape index (κ1) is 17.8. The Morgan fingerprint density at radius 3 is 2.50 bits per heavy atom. The lowest BCUT2D eigenvalue weighted by Gasteiger charge is -2.42. The van der Waals surface area contributed by atoms with E-state index in [0.717, 1.165) is 18.4 Å². The molecule has 0 bridgehead atoms. The molecule has 1 fully saturated rings. The summed E-state index contributed by atoms with van der Waals surface area (Å²) < 4.78 is 5.21. The topological polar surface area (TPSA) is 62.1 Å². The molecule has 132 valence electrons. The first-order valence-corrected chi connectivity index (χ1v) is 8.83. The number of nitrogens with one attached hydrogen (secondary N) is 1. The van der Waals surface area contributed by atoms with E-state index in [4.69, 9.17) is 10.00 Å². The monoisotopic (exact) mass is 346 g/mol. The number of nitrogens with zero attached hydrogens (tertiary/aromatic N) is 1. The molecule has 0 aromatic heterocycles. The van der Waals surface area contributed by atoms with Crippen molar-refractivity contribution >= 4 is 12.0 Å². The molecule has 0 unspecified atom stereocenters. The van der Waals surface area contributed by atoms with Gasteiger partial charge in [-0.25, -0.2) is 0 Å². The normalized spacial score (nSPS) is 15.0. The molecule has 3 rings (SSSR count). The van der Waals surface area contributed by atoms with E-state index in [9.17, 15) is 4.79 Å². The molecule has 1 aliphatic rings. The van der Waals surface area contributed by atoms with Crippen molar-refractivity contribution in [2.75, 3.05) is 13.2 Å². The summed E-state index contributed by atoms with van der Waals surface area (Å²) in [6.45, 7) is 0.696. The highest BCUT2D eigenvalue weighted by atomic mass is 16.5. The van der Waals surface area contributed by atoms with Crippen LogP contribution in [0.2, 0.25) is 0 Å². The number of ether oxygens (including phenoxy) is 1. The zero-order valence-electron chi connectivity index (χ0n) is 14.7. The number of carbonyl (C=O) groups excluding carboxylic acids is 1. The number of hydrogen-bond donors (Lipinski definition) is 1. The molecule has 0 radical (unpaired) electrons. The van der Waals surface area contributed by atoms with E-state index in [0.29, 0.717) is 12.3 Å². The first-order valence-electron chi connectivity index (χ1n) is 8.83. The van der Waals surface area contributed by atoms with E-state index < -0.39 is 0 Å². The lowest BCUT2D eigenvalue weighted by Crippen LogP contribution is -2.45. The molecular weight excluding hydrogens is 324 g/mol. The van der Waals surface area contributed by atoms with Gasteiger partial charge in [-0.15, -0.1) is 0 Å². The third-order valence-electron chi connectivity index (χ3n) is 4.91. The molecule has 4 heteroatoms. The molecular formula is C22H22N2O2. The molecule has 4 nitrogen and oxygen atoms in total. The fourth-order valence-corrected chi connectivity index (χ4v) is 3.24. The summed E-state index contributed by atoms with van der Waals surface area (Å²) in [5.41, 5.74) is 2.30. The van der Waals surface area contributed by atoms with Crippen LogP contribution in [0.3, 0.4) is 0 Å². The Morgan fingerprint density at radius 1 is 1.15 bits per heavy atom. The zero-order chi connectivity index (χ0) is 18.2. The molecule has 0 aliphatic heterocycles. The lowest BCUT2D eigenvalue weighted by molar-refractivity contribution is -0.116. The van der Waals surface area contributed by atoms with Gasteiger partial charge < -0.3 is 10.1 Å². The largest absolute Gasteiger partial charge is 0.479 e. The van der Waals surface area contributed by atoms with Crippen molar-refractivity contribution < 1.29 is 9.53 Å². The summed E-state index contributed by atoms with van der Waals surface area (Å²) in [5, 5.41) is 11.5. The third-order valence-corrected chi connectivity index (χ3v) is 4.91. The fraction of sp³-hybridized carbons (Fsp3) is 0.273. The Morgan fingerprint density at radius 2 is 1.88 bits per heavy atom. The summed E-state index contributed by atoms with van der Waals surface area (Å²) in [5.74, 6) is 0.556. The van der Waals surface area contributed by atoms with Crippen LogP contribution < -0.4 is 10.1 Å². The second-order valence-electron chi connectivity index (χ2n) is 6.57. The number of nitriles is 1. The van der Waals surface area contributed by atoms with Gasteiger partial charge in [0.1, 0.15) is 11.8 Å². The average molecular weight is 346 g/mol. The van der Waals surface area contributed by atoms with E-state index in [1.807, 2.05) is 24.3 Å². The van der Waals surface area contributed by atoms with E-state index in [-0.39, 0.29) is 17.9 Å². The first-order chi connectivity index (χ1) is 12.7. The molecule has 1 amide bonds. The van der Waals surface area contributed by atoms with Crippen LogP contribution in [0.5, 0.6) is 5.75 Å². The molecule has 2 aromatic carbocycles. The molecule has 2 aromatic rings. The van der Waals surface area contributed by atoms with Crippen LogP contribution in [0.25, 0.3) is 6.08 Å². The zero-order valence-corrected chi connectivity index (χ0v) is 14.7. The summed E-state index contributed by atoms with van der Waals surface area (Å²) in [6.07, 6.45) is 6.78. The highest BCUT2D eigenvalue weighted by Gasteiger charge is 2.38. The van der Waals surface area contributed by atoms with Crippen molar-refractivity contribution in [1.82, 2.24) is 5.32 Å². The van der Waals surface area contributed by atoms with Gasteiger partial charge in [-0.3, -0.25) is 4.79 Å². The van der Waals surface area contributed by atoms with Crippen molar-refractivity contribution in [3.05, 3.63) is 71.8 Å². The van der Waals surface area contributed by atoms with Gasteiger partial charge in [-0.2, -0.15) is 5.26 Å². The summed E-state index contributed by atoms with van der Waals surface area (Å²) in [6, 6.07) is 19.6.